The van der Waals surface area contributed by atoms with Crippen molar-refractivity contribution in [3.05, 3.63) is 23.8 Å². The lowest BCUT2D eigenvalue weighted by Crippen LogP contribution is -2.30. The summed E-state index contributed by atoms with van der Waals surface area (Å²) in [5.41, 5.74) is 8.70. The summed E-state index contributed by atoms with van der Waals surface area (Å²) in [4.78, 5) is 2.25. The first-order valence-electron chi connectivity index (χ1n) is 5.93. The van der Waals surface area contributed by atoms with Crippen molar-refractivity contribution in [3.8, 4) is 5.75 Å². The smallest absolute Gasteiger partial charge is 0.145 e. The van der Waals surface area contributed by atoms with E-state index in [0.717, 1.165) is 38.2 Å². The molecule has 1 aromatic rings. The number of rotatable bonds is 2. The first-order chi connectivity index (χ1) is 7.68. The Morgan fingerprint density at radius 3 is 3.00 bits per heavy atom. The summed E-state index contributed by atoms with van der Waals surface area (Å²) in [7, 11) is 2.11. The van der Waals surface area contributed by atoms with E-state index < -0.39 is 0 Å². The molecule has 0 bridgehead atoms. The molecule has 1 aliphatic heterocycles. The molecule has 1 aliphatic carbocycles. The average Bonchev–Trinajstić information content (AvgIpc) is 2.98. The Balaban J connectivity index is 1.95. The van der Waals surface area contributed by atoms with Gasteiger partial charge in [0.05, 0.1) is 12.2 Å². The topological polar surface area (TPSA) is 38.5 Å². The van der Waals surface area contributed by atoms with E-state index in [2.05, 4.69) is 30.1 Å². The molecule has 86 valence electrons. The number of ether oxygens (including phenoxy) is 1. The van der Waals surface area contributed by atoms with Crippen LogP contribution in [0.25, 0.3) is 0 Å². The highest BCUT2D eigenvalue weighted by Gasteiger charge is 2.39. The van der Waals surface area contributed by atoms with Crippen LogP contribution in [0.3, 0.4) is 0 Å². The maximum absolute atomic E-state index is 6.18. The van der Waals surface area contributed by atoms with Crippen LogP contribution >= 0.6 is 0 Å². The van der Waals surface area contributed by atoms with Gasteiger partial charge in [0, 0.05) is 12.6 Å². The minimum absolute atomic E-state index is 0.0501. The lowest BCUT2D eigenvalue weighted by Gasteiger charge is -2.29. The third kappa shape index (κ3) is 1.65. The van der Waals surface area contributed by atoms with E-state index in [1.54, 1.807) is 0 Å². The summed E-state index contributed by atoms with van der Waals surface area (Å²) in [6, 6.07) is 6.37. The van der Waals surface area contributed by atoms with Crippen LogP contribution in [0.1, 0.15) is 18.4 Å². The highest BCUT2D eigenvalue weighted by Crippen LogP contribution is 2.41. The number of benzene rings is 1. The van der Waals surface area contributed by atoms with Crippen molar-refractivity contribution < 1.29 is 4.74 Å². The summed E-state index contributed by atoms with van der Waals surface area (Å²) < 4.78 is 5.80. The molecule has 3 rings (SSSR count). The van der Waals surface area contributed by atoms with Gasteiger partial charge in [-0.25, -0.2) is 0 Å². The standard InChI is InChI=1S/C13H18N2O/c1-15-7-8-16-12-10(3-2-4-11(12)15)9-13(14)5-6-13/h2-4H,5-9,14H2,1H3. The fraction of sp³-hybridized carbons (Fsp3) is 0.538. The quantitative estimate of drug-likeness (QED) is 0.818. The highest BCUT2D eigenvalue weighted by molar-refractivity contribution is 5.63. The highest BCUT2D eigenvalue weighted by atomic mass is 16.5. The van der Waals surface area contributed by atoms with E-state index >= 15 is 0 Å². The lowest BCUT2D eigenvalue weighted by molar-refractivity contribution is 0.307. The summed E-state index contributed by atoms with van der Waals surface area (Å²) in [6.45, 7) is 1.74. The Morgan fingerprint density at radius 1 is 1.44 bits per heavy atom. The van der Waals surface area contributed by atoms with Gasteiger partial charge in [-0.2, -0.15) is 0 Å². The Morgan fingerprint density at radius 2 is 2.25 bits per heavy atom. The number of nitrogens with zero attached hydrogens (tertiary/aromatic N) is 1. The van der Waals surface area contributed by atoms with Gasteiger partial charge in [-0.3, -0.25) is 0 Å². The first-order valence-corrected chi connectivity index (χ1v) is 5.93. The van der Waals surface area contributed by atoms with Crippen LogP contribution in [0.5, 0.6) is 5.75 Å². The number of para-hydroxylation sites is 1. The number of anilines is 1. The minimum Gasteiger partial charge on any atom is -0.489 e. The molecule has 1 heterocycles. The van der Waals surface area contributed by atoms with Gasteiger partial charge in [0.25, 0.3) is 0 Å². The largest absolute Gasteiger partial charge is 0.489 e. The van der Waals surface area contributed by atoms with E-state index in [1.807, 2.05) is 0 Å². The van der Waals surface area contributed by atoms with Crippen LogP contribution in [-0.4, -0.2) is 25.7 Å². The molecule has 0 unspecified atom stereocenters. The third-order valence-electron chi connectivity index (χ3n) is 3.59. The minimum atomic E-state index is 0.0501. The van der Waals surface area contributed by atoms with E-state index in [-0.39, 0.29) is 5.54 Å². The van der Waals surface area contributed by atoms with Crippen molar-refractivity contribution in [1.29, 1.82) is 0 Å². The lowest BCUT2D eigenvalue weighted by atomic mass is 10.0. The van der Waals surface area contributed by atoms with Gasteiger partial charge in [-0.15, -0.1) is 0 Å². The maximum atomic E-state index is 6.18. The van der Waals surface area contributed by atoms with Crippen molar-refractivity contribution in [2.75, 3.05) is 25.1 Å². The molecule has 1 aromatic carbocycles. The molecule has 2 N–H and O–H groups in total. The monoisotopic (exact) mass is 218 g/mol. The van der Waals surface area contributed by atoms with E-state index in [0.29, 0.717) is 0 Å². The fourth-order valence-corrected chi connectivity index (χ4v) is 2.30. The molecule has 0 aromatic heterocycles. The first kappa shape index (κ1) is 9.97. The Labute approximate surface area is 96.2 Å². The summed E-state index contributed by atoms with van der Waals surface area (Å²) in [5.74, 6) is 1.05. The van der Waals surface area contributed by atoms with Crippen molar-refractivity contribution in [3.63, 3.8) is 0 Å². The van der Waals surface area contributed by atoms with Gasteiger partial charge in [0.1, 0.15) is 12.4 Å². The average molecular weight is 218 g/mol. The van der Waals surface area contributed by atoms with Gasteiger partial charge in [0.15, 0.2) is 0 Å². The van der Waals surface area contributed by atoms with E-state index in [1.165, 1.54) is 11.3 Å². The van der Waals surface area contributed by atoms with Crippen molar-refractivity contribution in [2.24, 2.45) is 5.73 Å². The molecular formula is C13H18N2O. The molecule has 0 amide bonds. The molecule has 1 fully saturated rings. The molecule has 3 heteroatoms. The maximum Gasteiger partial charge on any atom is 0.145 e. The van der Waals surface area contributed by atoms with Crippen LogP contribution in [0, 0.1) is 0 Å². The zero-order valence-corrected chi connectivity index (χ0v) is 9.70. The second kappa shape index (κ2) is 3.39. The number of likely N-dealkylation sites (N-methyl/N-ethyl adjacent to an activating group) is 1. The Hall–Kier alpha value is -1.22. The summed E-state index contributed by atoms with van der Waals surface area (Å²) in [6.07, 6.45) is 3.24. The second-order valence-corrected chi connectivity index (χ2v) is 5.07. The zero-order valence-electron chi connectivity index (χ0n) is 9.70. The molecule has 0 spiro atoms. The molecule has 16 heavy (non-hydrogen) atoms. The Kier molecular flexibility index (Phi) is 2.11. The van der Waals surface area contributed by atoms with Gasteiger partial charge >= 0.3 is 0 Å². The SMILES string of the molecule is CN1CCOc2c(CC3(N)CC3)cccc21. The predicted octanol–water partition coefficient (Wildman–Crippen LogP) is 1.55. The van der Waals surface area contributed by atoms with Crippen molar-refractivity contribution in [1.82, 2.24) is 0 Å². The van der Waals surface area contributed by atoms with Crippen LogP contribution in [-0.2, 0) is 6.42 Å². The number of hydrogen-bond donors (Lipinski definition) is 1. The van der Waals surface area contributed by atoms with E-state index in [4.69, 9.17) is 10.5 Å². The second-order valence-electron chi connectivity index (χ2n) is 5.07. The van der Waals surface area contributed by atoms with Crippen LogP contribution in [0.15, 0.2) is 18.2 Å². The molecule has 0 atom stereocenters. The normalized spacial score (nSPS) is 21.2. The Bertz CT molecular complexity index is 412. The van der Waals surface area contributed by atoms with Crippen LogP contribution in [0.2, 0.25) is 0 Å². The third-order valence-corrected chi connectivity index (χ3v) is 3.59. The van der Waals surface area contributed by atoms with E-state index in [9.17, 15) is 0 Å². The number of nitrogens with two attached hydrogens (primary N) is 1. The van der Waals surface area contributed by atoms with Crippen molar-refractivity contribution >= 4 is 5.69 Å². The predicted molar refractivity (Wildman–Crippen MR) is 65.1 cm³/mol. The molecule has 0 saturated heterocycles. The van der Waals surface area contributed by atoms with Crippen LogP contribution in [0.4, 0.5) is 5.69 Å². The van der Waals surface area contributed by atoms with Crippen LogP contribution < -0.4 is 15.4 Å². The fourth-order valence-electron chi connectivity index (χ4n) is 2.30. The van der Waals surface area contributed by atoms with Gasteiger partial charge in [-0.1, -0.05) is 12.1 Å². The van der Waals surface area contributed by atoms with Crippen molar-refractivity contribution in [2.45, 2.75) is 24.8 Å². The molecule has 2 aliphatic rings. The molecular weight excluding hydrogens is 200 g/mol. The zero-order chi connectivity index (χ0) is 11.2. The molecule has 0 radical (unpaired) electrons. The summed E-state index contributed by atoms with van der Waals surface area (Å²) in [5, 5.41) is 0. The summed E-state index contributed by atoms with van der Waals surface area (Å²) >= 11 is 0. The van der Waals surface area contributed by atoms with Gasteiger partial charge in [-0.05, 0) is 30.9 Å². The van der Waals surface area contributed by atoms with Gasteiger partial charge in [0.2, 0.25) is 0 Å². The molecule has 1 saturated carbocycles. The molecule has 3 nitrogen and oxygen atoms in total. The van der Waals surface area contributed by atoms with Gasteiger partial charge < -0.3 is 15.4 Å². The number of fused-ring (bicyclic) bond motifs is 1. The number of hydrogen-bond acceptors (Lipinski definition) is 3.